The minimum Gasteiger partial charge on any atom is -0.379 e. The Kier molecular flexibility index (Phi) is 7.04. The van der Waals surface area contributed by atoms with E-state index in [9.17, 15) is 0 Å². The van der Waals surface area contributed by atoms with Gasteiger partial charge in [0.2, 0.25) is 0 Å². The molecule has 0 rings (SSSR count). The van der Waals surface area contributed by atoms with Gasteiger partial charge in [-0.2, -0.15) is 0 Å². The quantitative estimate of drug-likeness (QED) is 0.521. The lowest BCUT2D eigenvalue weighted by atomic mass is 10.2. The summed E-state index contributed by atoms with van der Waals surface area (Å²) in [5.41, 5.74) is 0. The minimum atomic E-state index is 0.469. The van der Waals surface area contributed by atoms with E-state index in [2.05, 4.69) is 20.8 Å². The minimum absolute atomic E-state index is 0.469. The van der Waals surface area contributed by atoms with Crippen molar-refractivity contribution in [1.82, 2.24) is 0 Å². The molecular formula is C9H20O. The van der Waals surface area contributed by atoms with E-state index < -0.39 is 0 Å². The second kappa shape index (κ2) is 7.07. The first-order chi connectivity index (χ1) is 4.81. The standard InChI is InChI=1S/C9H20O/c1-4-6-8-10-9(3)7-5-2/h9H,4-8H2,1-3H3/t9-/m0/s1. The molecule has 0 unspecified atom stereocenters. The largest absolute Gasteiger partial charge is 0.379 e. The summed E-state index contributed by atoms with van der Waals surface area (Å²) >= 11 is 0. The van der Waals surface area contributed by atoms with Crippen LogP contribution in [0.3, 0.4) is 0 Å². The van der Waals surface area contributed by atoms with Crippen molar-refractivity contribution in [3.05, 3.63) is 0 Å². The maximum absolute atomic E-state index is 5.52. The van der Waals surface area contributed by atoms with Gasteiger partial charge in [-0.15, -0.1) is 0 Å². The van der Waals surface area contributed by atoms with E-state index in [1.54, 1.807) is 0 Å². The molecule has 0 fully saturated rings. The van der Waals surface area contributed by atoms with Gasteiger partial charge < -0.3 is 4.74 Å². The molecule has 0 amide bonds. The lowest BCUT2D eigenvalue weighted by Crippen LogP contribution is -2.08. The SMILES string of the molecule is CCCCO[C@@H](C)CCC. The zero-order valence-electron chi connectivity index (χ0n) is 7.52. The zero-order valence-corrected chi connectivity index (χ0v) is 7.52. The molecule has 10 heavy (non-hydrogen) atoms. The van der Waals surface area contributed by atoms with Gasteiger partial charge in [-0.05, 0) is 19.8 Å². The Bertz CT molecular complexity index is 61.7. The van der Waals surface area contributed by atoms with E-state index in [0.717, 1.165) is 6.61 Å². The average molecular weight is 144 g/mol. The van der Waals surface area contributed by atoms with Crippen LogP contribution in [0.1, 0.15) is 46.5 Å². The van der Waals surface area contributed by atoms with Crippen molar-refractivity contribution in [2.24, 2.45) is 0 Å². The van der Waals surface area contributed by atoms with Gasteiger partial charge in [-0.1, -0.05) is 26.7 Å². The Morgan fingerprint density at radius 2 is 1.90 bits per heavy atom. The van der Waals surface area contributed by atoms with Crippen LogP contribution in [0, 0.1) is 0 Å². The predicted molar refractivity (Wildman–Crippen MR) is 45.2 cm³/mol. The maximum atomic E-state index is 5.52. The maximum Gasteiger partial charge on any atom is 0.0546 e. The first-order valence-corrected chi connectivity index (χ1v) is 4.42. The molecule has 0 N–H and O–H groups in total. The summed E-state index contributed by atoms with van der Waals surface area (Å²) in [5, 5.41) is 0. The number of hydrogen-bond donors (Lipinski definition) is 0. The fourth-order valence-corrected chi connectivity index (χ4v) is 0.919. The van der Waals surface area contributed by atoms with E-state index in [1.807, 2.05) is 0 Å². The van der Waals surface area contributed by atoms with E-state index >= 15 is 0 Å². The van der Waals surface area contributed by atoms with Gasteiger partial charge >= 0.3 is 0 Å². The van der Waals surface area contributed by atoms with Gasteiger partial charge in [-0.25, -0.2) is 0 Å². The van der Waals surface area contributed by atoms with Crippen LogP contribution in [0.2, 0.25) is 0 Å². The lowest BCUT2D eigenvalue weighted by molar-refractivity contribution is 0.0579. The third-order valence-electron chi connectivity index (χ3n) is 1.60. The van der Waals surface area contributed by atoms with E-state index in [1.165, 1.54) is 25.7 Å². The van der Waals surface area contributed by atoms with Crippen molar-refractivity contribution in [1.29, 1.82) is 0 Å². The summed E-state index contributed by atoms with van der Waals surface area (Å²) in [6, 6.07) is 0. The van der Waals surface area contributed by atoms with Crippen LogP contribution in [-0.2, 0) is 4.74 Å². The van der Waals surface area contributed by atoms with E-state index in [-0.39, 0.29) is 0 Å². The molecule has 0 radical (unpaired) electrons. The molecule has 0 saturated carbocycles. The highest BCUT2D eigenvalue weighted by atomic mass is 16.5. The van der Waals surface area contributed by atoms with Crippen molar-refractivity contribution < 1.29 is 4.74 Å². The highest BCUT2D eigenvalue weighted by Crippen LogP contribution is 2.01. The van der Waals surface area contributed by atoms with Crippen molar-refractivity contribution in [2.45, 2.75) is 52.6 Å². The molecule has 0 aromatic carbocycles. The predicted octanol–water partition coefficient (Wildman–Crippen LogP) is 2.99. The van der Waals surface area contributed by atoms with Crippen LogP contribution in [0.25, 0.3) is 0 Å². The molecule has 0 aliphatic carbocycles. The van der Waals surface area contributed by atoms with Crippen LogP contribution in [-0.4, -0.2) is 12.7 Å². The summed E-state index contributed by atoms with van der Waals surface area (Å²) in [4.78, 5) is 0. The first-order valence-electron chi connectivity index (χ1n) is 4.42. The van der Waals surface area contributed by atoms with Gasteiger partial charge in [0.1, 0.15) is 0 Å². The molecule has 0 aliphatic rings. The number of hydrogen-bond acceptors (Lipinski definition) is 1. The Morgan fingerprint density at radius 3 is 2.40 bits per heavy atom. The van der Waals surface area contributed by atoms with Gasteiger partial charge in [0.15, 0.2) is 0 Å². The van der Waals surface area contributed by atoms with Crippen molar-refractivity contribution in [3.63, 3.8) is 0 Å². The fraction of sp³-hybridized carbons (Fsp3) is 1.00. The summed E-state index contributed by atoms with van der Waals surface area (Å²) in [6.07, 6.45) is 5.33. The van der Waals surface area contributed by atoms with Crippen LogP contribution in [0.4, 0.5) is 0 Å². The molecule has 1 atom stereocenters. The van der Waals surface area contributed by atoms with Crippen LogP contribution < -0.4 is 0 Å². The molecule has 0 aliphatic heterocycles. The smallest absolute Gasteiger partial charge is 0.0546 e. The molecule has 0 bridgehead atoms. The highest BCUT2D eigenvalue weighted by Gasteiger charge is 1.97. The number of ether oxygens (including phenoxy) is 1. The topological polar surface area (TPSA) is 9.23 Å². The molecule has 0 heterocycles. The molecule has 0 spiro atoms. The van der Waals surface area contributed by atoms with Crippen LogP contribution >= 0.6 is 0 Å². The second-order valence-electron chi connectivity index (χ2n) is 2.82. The molecule has 0 aromatic heterocycles. The fourth-order valence-electron chi connectivity index (χ4n) is 0.919. The lowest BCUT2D eigenvalue weighted by Gasteiger charge is -2.10. The van der Waals surface area contributed by atoms with Crippen molar-refractivity contribution >= 4 is 0 Å². The monoisotopic (exact) mass is 144 g/mol. The molecule has 0 aromatic rings. The molecular weight excluding hydrogens is 124 g/mol. The Hall–Kier alpha value is -0.0400. The third kappa shape index (κ3) is 6.09. The summed E-state index contributed by atoms with van der Waals surface area (Å²) < 4.78 is 5.52. The Morgan fingerprint density at radius 1 is 1.20 bits per heavy atom. The van der Waals surface area contributed by atoms with Crippen LogP contribution in [0.5, 0.6) is 0 Å². The molecule has 62 valence electrons. The first kappa shape index (κ1) is 9.96. The molecule has 0 saturated heterocycles. The Labute approximate surface area is 64.8 Å². The van der Waals surface area contributed by atoms with Crippen LogP contribution in [0.15, 0.2) is 0 Å². The van der Waals surface area contributed by atoms with Crippen molar-refractivity contribution in [2.75, 3.05) is 6.61 Å². The molecule has 1 nitrogen and oxygen atoms in total. The van der Waals surface area contributed by atoms with Gasteiger partial charge in [0, 0.05) is 6.61 Å². The molecule has 1 heteroatoms. The number of unbranched alkanes of at least 4 members (excludes halogenated alkanes) is 1. The highest BCUT2D eigenvalue weighted by molar-refractivity contribution is 4.47. The van der Waals surface area contributed by atoms with Gasteiger partial charge in [0.25, 0.3) is 0 Å². The second-order valence-corrected chi connectivity index (χ2v) is 2.82. The van der Waals surface area contributed by atoms with Gasteiger partial charge in [-0.3, -0.25) is 0 Å². The normalized spacial score (nSPS) is 13.5. The number of rotatable bonds is 6. The summed E-state index contributed by atoms with van der Waals surface area (Å²) in [6.45, 7) is 7.48. The summed E-state index contributed by atoms with van der Waals surface area (Å²) in [5.74, 6) is 0. The summed E-state index contributed by atoms with van der Waals surface area (Å²) in [7, 11) is 0. The van der Waals surface area contributed by atoms with Crippen molar-refractivity contribution in [3.8, 4) is 0 Å². The van der Waals surface area contributed by atoms with Gasteiger partial charge in [0.05, 0.1) is 6.10 Å². The average Bonchev–Trinajstić information content (AvgIpc) is 1.89. The third-order valence-corrected chi connectivity index (χ3v) is 1.60. The van der Waals surface area contributed by atoms with E-state index in [0.29, 0.717) is 6.10 Å². The van der Waals surface area contributed by atoms with E-state index in [4.69, 9.17) is 4.74 Å². The Balaban J connectivity index is 2.97. The zero-order chi connectivity index (χ0) is 7.82.